The number of nitrogens with one attached hydrogen (secondary N) is 2. The number of imidazole rings is 1. The quantitative estimate of drug-likeness (QED) is 0.846. The monoisotopic (exact) mass is 366 g/mol. The number of rotatable bonds is 5. The molecule has 0 saturated heterocycles. The van der Waals surface area contributed by atoms with Gasteiger partial charge in [0.2, 0.25) is 0 Å². The number of carbonyl (C=O) groups is 1. The van der Waals surface area contributed by atoms with Gasteiger partial charge in [0.05, 0.1) is 11.4 Å². The molecule has 1 aliphatic heterocycles. The molecule has 1 fully saturated rings. The fraction of sp³-hybridized carbons (Fsp3) is 0.545. The number of fused-ring (bicyclic) bond motifs is 1. The maximum absolute atomic E-state index is 13.0. The first-order valence-electron chi connectivity index (χ1n) is 10.3. The van der Waals surface area contributed by atoms with E-state index in [0.717, 1.165) is 55.0 Å². The van der Waals surface area contributed by atoms with E-state index in [1.54, 1.807) is 0 Å². The van der Waals surface area contributed by atoms with Crippen LogP contribution in [0.3, 0.4) is 0 Å². The average Bonchev–Trinajstić information content (AvgIpc) is 3.04. The van der Waals surface area contributed by atoms with Crippen LogP contribution in [0.5, 0.6) is 0 Å². The van der Waals surface area contributed by atoms with Crippen LogP contribution in [0.15, 0.2) is 12.1 Å². The van der Waals surface area contributed by atoms with Crippen molar-refractivity contribution in [2.24, 2.45) is 0 Å². The number of aromatic amines is 1. The molecule has 4 rings (SSSR count). The van der Waals surface area contributed by atoms with Crippen molar-refractivity contribution >= 4 is 5.91 Å². The van der Waals surface area contributed by atoms with Crippen LogP contribution in [-0.2, 0) is 13.0 Å². The van der Waals surface area contributed by atoms with Crippen LogP contribution in [0, 0.1) is 6.92 Å². The van der Waals surface area contributed by atoms with E-state index in [4.69, 9.17) is 4.98 Å². The topological polar surface area (TPSA) is 61.0 Å². The Hall–Kier alpha value is -2.14. The zero-order chi connectivity index (χ0) is 19.0. The van der Waals surface area contributed by atoms with Crippen LogP contribution in [-0.4, -0.2) is 40.9 Å². The van der Waals surface area contributed by atoms with Crippen molar-refractivity contribution in [1.82, 2.24) is 20.2 Å². The van der Waals surface area contributed by atoms with Crippen LogP contribution in [0.2, 0.25) is 0 Å². The fourth-order valence-electron chi connectivity index (χ4n) is 4.21. The lowest BCUT2D eigenvalue weighted by Crippen LogP contribution is -2.28. The summed E-state index contributed by atoms with van der Waals surface area (Å²) in [5.41, 5.74) is 6.70. The lowest BCUT2D eigenvalue weighted by Gasteiger charge is -2.29. The Bertz CT molecular complexity index is 827. The largest absolute Gasteiger partial charge is 0.342 e. The molecule has 2 heterocycles. The Morgan fingerprint density at radius 3 is 2.81 bits per heavy atom. The summed E-state index contributed by atoms with van der Waals surface area (Å²) in [5.74, 6) is 1.63. The molecule has 1 saturated carbocycles. The van der Waals surface area contributed by atoms with Gasteiger partial charge in [-0.1, -0.05) is 19.4 Å². The summed E-state index contributed by atoms with van der Waals surface area (Å²) in [7, 11) is 1.89. The molecule has 5 heteroatoms. The first-order valence-corrected chi connectivity index (χ1v) is 10.3. The summed E-state index contributed by atoms with van der Waals surface area (Å²) in [5, 5.41) is 3.40. The van der Waals surface area contributed by atoms with E-state index in [1.807, 2.05) is 11.9 Å². The highest BCUT2D eigenvalue weighted by atomic mass is 16.2. The number of hydrogen-bond donors (Lipinski definition) is 2. The van der Waals surface area contributed by atoms with Gasteiger partial charge in [0.25, 0.3) is 5.91 Å². The van der Waals surface area contributed by atoms with E-state index >= 15 is 0 Å². The lowest BCUT2D eigenvalue weighted by atomic mass is 9.77. The molecule has 2 N–H and O–H groups in total. The highest BCUT2D eigenvalue weighted by Gasteiger charge is 2.27. The third kappa shape index (κ3) is 3.41. The Morgan fingerprint density at radius 2 is 2.15 bits per heavy atom. The Balaban J connectivity index is 1.79. The number of carbonyl (C=O) groups excluding carboxylic acids is 1. The van der Waals surface area contributed by atoms with Crippen LogP contribution in [0.25, 0.3) is 11.4 Å². The Morgan fingerprint density at radius 1 is 1.33 bits per heavy atom. The van der Waals surface area contributed by atoms with Gasteiger partial charge in [-0.25, -0.2) is 4.98 Å². The predicted molar refractivity (Wildman–Crippen MR) is 108 cm³/mol. The number of hydrogen-bond acceptors (Lipinski definition) is 3. The second kappa shape index (κ2) is 7.47. The Kier molecular flexibility index (Phi) is 5.04. The number of H-pyrrole nitrogens is 1. The second-order valence-corrected chi connectivity index (χ2v) is 8.05. The van der Waals surface area contributed by atoms with Gasteiger partial charge in [-0.05, 0) is 49.3 Å². The number of aromatic nitrogens is 2. The summed E-state index contributed by atoms with van der Waals surface area (Å²) in [6.07, 6.45) is 5.68. The van der Waals surface area contributed by atoms with Crippen molar-refractivity contribution in [2.45, 2.75) is 58.4 Å². The van der Waals surface area contributed by atoms with E-state index < -0.39 is 0 Å². The number of nitrogens with zero attached hydrogens (tertiary/aromatic N) is 2. The molecule has 2 aliphatic rings. The van der Waals surface area contributed by atoms with Crippen molar-refractivity contribution in [3.63, 3.8) is 0 Å². The first kappa shape index (κ1) is 18.2. The normalized spacial score (nSPS) is 16.7. The van der Waals surface area contributed by atoms with Crippen molar-refractivity contribution in [2.75, 3.05) is 20.1 Å². The molecular formula is C22H30N4O. The molecule has 0 spiro atoms. The van der Waals surface area contributed by atoms with Crippen molar-refractivity contribution < 1.29 is 4.79 Å². The van der Waals surface area contributed by atoms with Gasteiger partial charge in [0, 0.05) is 44.2 Å². The maximum atomic E-state index is 13.0. The highest BCUT2D eigenvalue weighted by Crippen LogP contribution is 2.42. The molecule has 5 nitrogen and oxygen atoms in total. The SMILES string of the molecule is CCCN(C)C(=O)c1cc(-c2nc3c([nH]2)CNCC3)c(C2CCC2)cc1C. The van der Waals surface area contributed by atoms with Crippen LogP contribution in [0.1, 0.15) is 71.4 Å². The van der Waals surface area contributed by atoms with Gasteiger partial charge in [0.15, 0.2) is 0 Å². The van der Waals surface area contributed by atoms with E-state index in [0.29, 0.717) is 5.92 Å². The zero-order valence-electron chi connectivity index (χ0n) is 16.7. The van der Waals surface area contributed by atoms with E-state index in [-0.39, 0.29) is 5.91 Å². The summed E-state index contributed by atoms with van der Waals surface area (Å²) in [6, 6.07) is 4.33. The highest BCUT2D eigenvalue weighted by molar-refractivity contribution is 5.97. The van der Waals surface area contributed by atoms with Crippen LogP contribution >= 0.6 is 0 Å². The minimum Gasteiger partial charge on any atom is -0.342 e. The van der Waals surface area contributed by atoms with Crippen LogP contribution in [0.4, 0.5) is 0 Å². The van der Waals surface area contributed by atoms with E-state index in [1.165, 1.54) is 36.2 Å². The molecule has 2 aromatic rings. The van der Waals surface area contributed by atoms with E-state index in [9.17, 15) is 4.79 Å². The summed E-state index contributed by atoms with van der Waals surface area (Å²) in [4.78, 5) is 23.3. The third-order valence-corrected chi connectivity index (χ3v) is 6.04. The zero-order valence-corrected chi connectivity index (χ0v) is 16.7. The van der Waals surface area contributed by atoms with Gasteiger partial charge in [0.1, 0.15) is 5.82 Å². The van der Waals surface area contributed by atoms with Gasteiger partial charge in [-0.15, -0.1) is 0 Å². The molecule has 144 valence electrons. The number of amides is 1. The maximum Gasteiger partial charge on any atom is 0.253 e. The van der Waals surface area contributed by atoms with Gasteiger partial charge >= 0.3 is 0 Å². The number of aryl methyl sites for hydroxylation is 1. The summed E-state index contributed by atoms with van der Waals surface area (Å²) in [6.45, 7) is 6.77. The van der Waals surface area contributed by atoms with Gasteiger partial charge in [-0.3, -0.25) is 4.79 Å². The predicted octanol–water partition coefficient (Wildman–Crippen LogP) is 3.78. The lowest BCUT2D eigenvalue weighted by molar-refractivity contribution is 0.0794. The van der Waals surface area contributed by atoms with Crippen molar-refractivity contribution in [3.8, 4) is 11.4 Å². The number of benzene rings is 1. The minimum atomic E-state index is 0.105. The minimum absolute atomic E-state index is 0.105. The molecule has 27 heavy (non-hydrogen) atoms. The summed E-state index contributed by atoms with van der Waals surface area (Å²) < 4.78 is 0. The molecule has 0 atom stereocenters. The smallest absolute Gasteiger partial charge is 0.253 e. The first-order chi connectivity index (χ1) is 13.1. The molecule has 1 aliphatic carbocycles. The molecule has 0 radical (unpaired) electrons. The van der Waals surface area contributed by atoms with Crippen molar-refractivity contribution in [1.29, 1.82) is 0 Å². The van der Waals surface area contributed by atoms with Crippen LogP contribution < -0.4 is 5.32 Å². The molecule has 0 unspecified atom stereocenters. The van der Waals surface area contributed by atoms with Gasteiger partial charge < -0.3 is 15.2 Å². The fourth-order valence-corrected chi connectivity index (χ4v) is 4.21. The molecule has 0 bridgehead atoms. The third-order valence-electron chi connectivity index (χ3n) is 6.04. The van der Waals surface area contributed by atoms with Crippen molar-refractivity contribution in [3.05, 3.63) is 40.2 Å². The Labute approximate surface area is 161 Å². The standard InChI is InChI=1S/C22H30N4O/c1-4-10-26(3)22(27)16-12-18(17(11-14(16)2)15-6-5-7-15)21-24-19-8-9-23-13-20(19)25-21/h11-12,15,23H,4-10,13H2,1-3H3,(H,24,25). The summed E-state index contributed by atoms with van der Waals surface area (Å²) >= 11 is 0. The second-order valence-electron chi connectivity index (χ2n) is 8.05. The molecule has 1 amide bonds. The molecular weight excluding hydrogens is 336 g/mol. The van der Waals surface area contributed by atoms with Gasteiger partial charge in [-0.2, -0.15) is 0 Å². The van der Waals surface area contributed by atoms with E-state index in [2.05, 4.69) is 36.3 Å². The molecule has 1 aromatic carbocycles. The molecule has 1 aromatic heterocycles. The average molecular weight is 367 g/mol.